The number of halogens is 1. The summed E-state index contributed by atoms with van der Waals surface area (Å²) in [6.45, 7) is 0.284. The van der Waals surface area contributed by atoms with Gasteiger partial charge >= 0.3 is 5.69 Å². The molecule has 2 aromatic rings. The third kappa shape index (κ3) is 2.55. The molecule has 0 amide bonds. The third-order valence-corrected chi connectivity index (χ3v) is 2.96. The van der Waals surface area contributed by atoms with Crippen molar-refractivity contribution in [3.8, 4) is 0 Å². The SMILES string of the molecule is Cn1ccc(=O)n(Cc2cccc(Br)c2)c1=O. The first-order valence-electron chi connectivity index (χ1n) is 5.09. The molecular weight excluding hydrogens is 284 g/mol. The Labute approximate surface area is 106 Å². The molecule has 1 aromatic carbocycles. The van der Waals surface area contributed by atoms with Crippen LogP contribution in [0.2, 0.25) is 0 Å². The van der Waals surface area contributed by atoms with E-state index in [1.54, 1.807) is 7.05 Å². The van der Waals surface area contributed by atoms with E-state index in [0.717, 1.165) is 10.0 Å². The molecule has 0 radical (unpaired) electrons. The lowest BCUT2D eigenvalue weighted by atomic mass is 10.2. The second-order valence-corrected chi connectivity index (χ2v) is 4.68. The number of benzene rings is 1. The van der Waals surface area contributed by atoms with Gasteiger partial charge in [-0.1, -0.05) is 28.1 Å². The van der Waals surface area contributed by atoms with Crippen molar-refractivity contribution in [2.45, 2.75) is 6.54 Å². The number of hydrogen-bond donors (Lipinski definition) is 0. The van der Waals surface area contributed by atoms with E-state index in [0.29, 0.717) is 0 Å². The zero-order chi connectivity index (χ0) is 12.4. The molecule has 0 N–H and O–H groups in total. The first kappa shape index (κ1) is 11.9. The van der Waals surface area contributed by atoms with Crippen LogP contribution in [0.25, 0.3) is 0 Å². The fraction of sp³-hybridized carbons (Fsp3) is 0.167. The zero-order valence-electron chi connectivity index (χ0n) is 9.26. The molecule has 0 aliphatic heterocycles. The molecule has 1 aromatic heterocycles. The maximum absolute atomic E-state index is 11.8. The molecule has 5 heteroatoms. The second kappa shape index (κ2) is 4.71. The highest BCUT2D eigenvalue weighted by Gasteiger charge is 2.03. The molecule has 0 aliphatic rings. The van der Waals surface area contributed by atoms with E-state index in [2.05, 4.69) is 15.9 Å². The summed E-state index contributed by atoms with van der Waals surface area (Å²) in [5.74, 6) is 0. The van der Waals surface area contributed by atoms with Crippen LogP contribution in [0, 0.1) is 0 Å². The number of hydrogen-bond acceptors (Lipinski definition) is 2. The third-order valence-electron chi connectivity index (χ3n) is 2.47. The summed E-state index contributed by atoms with van der Waals surface area (Å²) in [7, 11) is 1.62. The lowest BCUT2D eigenvalue weighted by Crippen LogP contribution is -2.38. The van der Waals surface area contributed by atoms with Crippen LogP contribution in [0.3, 0.4) is 0 Å². The first-order chi connectivity index (χ1) is 8.08. The van der Waals surface area contributed by atoms with Gasteiger partial charge in [0, 0.05) is 23.8 Å². The topological polar surface area (TPSA) is 44.0 Å². The highest BCUT2D eigenvalue weighted by atomic mass is 79.9. The van der Waals surface area contributed by atoms with Crippen molar-refractivity contribution in [1.29, 1.82) is 0 Å². The van der Waals surface area contributed by atoms with Crippen molar-refractivity contribution in [2.75, 3.05) is 0 Å². The average molecular weight is 295 g/mol. The van der Waals surface area contributed by atoms with Crippen molar-refractivity contribution in [2.24, 2.45) is 7.05 Å². The number of nitrogens with zero attached hydrogens (tertiary/aromatic N) is 2. The Kier molecular flexibility index (Phi) is 3.28. The van der Waals surface area contributed by atoms with Crippen LogP contribution in [0.5, 0.6) is 0 Å². The van der Waals surface area contributed by atoms with Gasteiger partial charge < -0.3 is 4.57 Å². The van der Waals surface area contributed by atoms with Crippen LogP contribution in [-0.2, 0) is 13.6 Å². The average Bonchev–Trinajstić information content (AvgIpc) is 2.30. The standard InChI is InChI=1S/C12H11BrN2O2/c1-14-6-5-11(16)15(12(14)17)8-9-3-2-4-10(13)7-9/h2-7H,8H2,1H3. The van der Waals surface area contributed by atoms with Gasteiger partial charge in [0.1, 0.15) is 0 Å². The quantitative estimate of drug-likeness (QED) is 0.839. The van der Waals surface area contributed by atoms with Crippen molar-refractivity contribution in [3.63, 3.8) is 0 Å². The number of aryl methyl sites for hydroxylation is 1. The summed E-state index contributed by atoms with van der Waals surface area (Å²) in [6, 6.07) is 8.93. The molecule has 0 fully saturated rings. The van der Waals surface area contributed by atoms with E-state index in [-0.39, 0.29) is 17.8 Å². The maximum atomic E-state index is 11.8. The van der Waals surface area contributed by atoms with Crippen molar-refractivity contribution in [3.05, 3.63) is 67.4 Å². The molecule has 4 nitrogen and oxygen atoms in total. The number of rotatable bonds is 2. The van der Waals surface area contributed by atoms with Gasteiger partial charge in [0.15, 0.2) is 0 Å². The smallest absolute Gasteiger partial charge is 0.303 e. The van der Waals surface area contributed by atoms with Gasteiger partial charge in [0.2, 0.25) is 0 Å². The molecule has 0 aliphatic carbocycles. The minimum atomic E-state index is -0.308. The van der Waals surface area contributed by atoms with E-state index in [9.17, 15) is 9.59 Å². The largest absolute Gasteiger partial charge is 0.331 e. The van der Waals surface area contributed by atoms with Crippen LogP contribution in [0.1, 0.15) is 5.56 Å². The molecule has 0 unspecified atom stereocenters. The van der Waals surface area contributed by atoms with Gasteiger partial charge in [-0.25, -0.2) is 4.79 Å². The molecule has 0 saturated heterocycles. The van der Waals surface area contributed by atoms with Gasteiger partial charge in [0.25, 0.3) is 5.56 Å². The van der Waals surface area contributed by atoms with Crippen molar-refractivity contribution in [1.82, 2.24) is 9.13 Å². The molecule has 0 spiro atoms. The Morgan fingerprint density at radius 3 is 2.71 bits per heavy atom. The van der Waals surface area contributed by atoms with Gasteiger partial charge in [-0.2, -0.15) is 0 Å². The van der Waals surface area contributed by atoms with Crippen molar-refractivity contribution < 1.29 is 0 Å². The molecule has 0 bridgehead atoms. The first-order valence-corrected chi connectivity index (χ1v) is 5.88. The summed E-state index contributed by atoms with van der Waals surface area (Å²) in [6.07, 6.45) is 1.47. The maximum Gasteiger partial charge on any atom is 0.331 e. The van der Waals surface area contributed by atoms with Gasteiger partial charge in [-0.3, -0.25) is 9.36 Å². The Balaban J connectivity index is 2.47. The number of aromatic nitrogens is 2. The van der Waals surface area contributed by atoms with E-state index in [4.69, 9.17) is 0 Å². The monoisotopic (exact) mass is 294 g/mol. The van der Waals surface area contributed by atoms with Crippen LogP contribution in [0.4, 0.5) is 0 Å². The van der Waals surface area contributed by atoms with E-state index >= 15 is 0 Å². The fourth-order valence-electron chi connectivity index (χ4n) is 1.58. The lowest BCUT2D eigenvalue weighted by Gasteiger charge is -2.06. The van der Waals surface area contributed by atoms with Crippen LogP contribution >= 0.6 is 15.9 Å². The van der Waals surface area contributed by atoms with Gasteiger partial charge in [0.05, 0.1) is 6.54 Å². The zero-order valence-corrected chi connectivity index (χ0v) is 10.8. The predicted molar refractivity (Wildman–Crippen MR) is 69.2 cm³/mol. The molecule has 0 saturated carbocycles. The molecule has 88 valence electrons. The molecule has 17 heavy (non-hydrogen) atoms. The predicted octanol–water partition coefficient (Wildman–Crippen LogP) is 1.36. The van der Waals surface area contributed by atoms with Gasteiger partial charge in [-0.05, 0) is 17.7 Å². The normalized spacial score (nSPS) is 10.5. The minimum Gasteiger partial charge on any atom is -0.303 e. The van der Waals surface area contributed by atoms with Crippen LogP contribution in [0.15, 0.2) is 50.6 Å². The second-order valence-electron chi connectivity index (χ2n) is 3.76. The van der Waals surface area contributed by atoms with Crippen LogP contribution < -0.4 is 11.2 Å². The summed E-state index contributed by atoms with van der Waals surface area (Å²) < 4.78 is 3.53. The Bertz CT molecular complexity index is 658. The van der Waals surface area contributed by atoms with E-state index in [1.807, 2.05) is 24.3 Å². The summed E-state index contributed by atoms with van der Waals surface area (Å²) in [5.41, 5.74) is 0.315. The van der Waals surface area contributed by atoms with Crippen LogP contribution in [-0.4, -0.2) is 9.13 Å². The minimum absolute atomic E-state index is 0.284. The molecule has 1 heterocycles. The Morgan fingerprint density at radius 1 is 1.24 bits per heavy atom. The van der Waals surface area contributed by atoms with E-state index < -0.39 is 0 Å². The summed E-state index contributed by atoms with van der Waals surface area (Å²) >= 11 is 3.36. The summed E-state index contributed by atoms with van der Waals surface area (Å²) in [4.78, 5) is 23.4. The molecular formula is C12H11BrN2O2. The lowest BCUT2D eigenvalue weighted by molar-refractivity contribution is 0.639. The highest BCUT2D eigenvalue weighted by molar-refractivity contribution is 9.10. The van der Waals surface area contributed by atoms with Gasteiger partial charge in [-0.15, -0.1) is 0 Å². The Hall–Kier alpha value is -1.62. The van der Waals surface area contributed by atoms with Crippen molar-refractivity contribution >= 4 is 15.9 Å². The fourth-order valence-corrected chi connectivity index (χ4v) is 2.02. The molecule has 0 atom stereocenters. The summed E-state index contributed by atoms with van der Waals surface area (Å²) in [5, 5.41) is 0. The highest BCUT2D eigenvalue weighted by Crippen LogP contribution is 2.11. The molecule has 2 rings (SSSR count). The Morgan fingerprint density at radius 2 is 2.00 bits per heavy atom. The van der Waals surface area contributed by atoms with E-state index in [1.165, 1.54) is 21.4 Å².